The summed E-state index contributed by atoms with van der Waals surface area (Å²) in [5.74, 6) is 1.11. The first-order valence-electron chi connectivity index (χ1n) is 9.06. The number of hydrogen-bond donors (Lipinski definition) is 0. The first-order valence-corrected chi connectivity index (χ1v) is 9.06. The lowest BCUT2D eigenvalue weighted by Crippen LogP contribution is -2.44. The molecule has 4 heterocycles. The number of pyridine rings is 1. The van der Waals surface area contributed by atoms with Crippen LogP contribution in [0, 0.1) is 13.8 Å². The van der Waals surface area contributed by atoms with Crippen LogP contribution in [0.4, 0.5) is 11.6 Å². The molecule has 0 saturated carbocycles. The molecule has 140 valence electrons. The minimum Gasteiger partial charge on any atom is -0.355 e. The molecule has 1 aromatic carbocycles. The van der Waals surface area contributed by atoms with Gasteiger partial charge in [0.05, 0.1) is 27.7 Å². The summed E-state index contributed by atoms with van der Waals surface area (Å²) in [6, 6.07) is 9.45. The molecule has 8 nitrogen and oxygen atoms in total. The maximum absolute atomic E-state index is 13.6. The number of fused-ring (bicyclic) bond motifs is 3. The number of likely N-dealkylation sites (N-methyl/N-ethyl adjacent to an activating group) is 1. The maximum atomic E-state index is 13.6. The highest BCUT2D eigenvalue weighted by Gasteiger charge is 2.31. The Balaban J connectivity index is 1.69. The molecule has 0 spiro atoms. The number of carbonyl (C=O) groups is 1. The number of anilines is 2. The van der Waals surface area contributed by atoms with E-state index >= 15 is 0 Å². The van der Waals surface area contributed by atoms with Crippen LogP contribution in [-0.4, -0.2) is 46.2 Å². The van der Waals surface area contributed by atoms with Crippen LogP contribution in [0.3, 0.4) is 0 Å². The van der Waals surface area contributed by atoms with Crippen LogP contribution in [0.15, 0.2) is 34.9 Å². The zero-order valence-electron chi connectivity index (χ0n) is 15.8. The van der Waals surface area contributed by atoms with Gasteiger partial charge in [0.15, 0.2) is 11.6 Å². The molecule has 0 unspecified atom stereocenters. The number of nitrogens with zero attached hydrogens (tertiary/aromatic N) is 6. The van der Waals surface area contributed by atoms with Crippen molar-refractivity contribution in [3.63, 3.8) is 0 Å². The molecule has 8 heteroatoms. The normalized spacial score (nSPS) is 14.0. The second kappa shape index (κ2) is 5.98. The van der Waals surface area contributed by atoms with Crippen molar-refractivity contribution >= 4 is 39.7 Å². The summed E-state index contributed by atoms with van der Waals surface area (Å²) in [6.07, 6.45) is 0. The Bertz CT molecular complexity index is 1250. The van der Waals surface area contributed by atoms with Crippen LogP contribution in [0.1, 0.15) is 21.7 Å². The van der Waals surface area contributed by atoms with Crippen molar-refractivity contribution in [1.82, 2.24) is 20.1 Å². The number of amides is 1. The highest BCUT2D eigenvalue weighted by Crippen LogP contribution is 2.33. The van der Waals surface area contributed by atoms with Crippen molar-refractivity contribution < 1.29 is 9.32 Å². The van der Waals surface area contributed by atoms with Crippen LogP contribution >= 0.6 is 0 Å². The predicted octanol–water partition coefficient (Wildman–Crippen LogP) is 2.88. The second-order valence-electron chi connectivity index (χ2n) is 7.00. The molecule has 1 aliphatic heterocycles. The fraction of sp³-hybridized carbons (Fsp3) is 0.250. The molecule has 0 bridgehead atoms. The molecule has 0 aliphatic carbocycles. The molecule has 0 N–H and O–H groups in total. The quantitative estimate of drug-likeness (QED) is 0.506. The topological polar surface area (TPSA) is 88.3 Å². The molecule has 28 heavy (non-hydrogen) atoms. The van der Waals surface area contributed by atoms with Gasteiger partial charge in [0, 0.05) is 25.8 Å². The summed E-state index contributed by atoms with van der Waals surface area (Å²) in [5, 5.41) is 4.62. The molecule has 5 rings (SSSR count). The van der Waals surface area contributed by atoms with Gasteiger partial charge in [0.1, 0.15) is 0 Å². The number of hydrogen-bond acceptors (Lipinski definition) is 7. The van der Waals surface area contributed by atoms with Crippen molar-refractivity contribution in [3.8, 4) is 0 Å². The van der Waals surface area contributed by atoms with E-state index in [-0.39, 0.29) is 5.91 Å². The van der Waals surface area contributed by atoms with Gasteiger partial charge in [-0.1, -0.05) is 17.3 Å². The van der Waals surface area contributed by atoms with E-state index in [2.05, 4.69) is 10.1 Å². The first kappa shape index (κ1) is 16.6. The van der Waals surface area contributed by atoms with Gasteiger partial charge in [-0.3, -0.25) is 9.69 Å². The summed E-state index contributed by atoms with van der Waals surface area (Å²) >= 11 is 0. The Labute approximate surface area is 160 Å². The van der Waals surface area contributed by atoms with Crippen molar-refractivity contribution in [2.45, 2.75) is 13.8 Å². The Hall–Kier alpha value is -3.55. The molecule has 0 fully saturated rings. The average molecular weight is 374 g/mol. The summed E-state index contributed by atoms with van der Waals surface area (Å²) in [5.41, 5.74) is 3.80. The van der Waals surface area contributed by atoms with Gasteiger partial charge in [0.25, 0.3) is 11.6 Å². The average Bonchev–Trinajstić information content (AvgIpc) is 3.06. The van der Waals surface area contributed by atoms with E-state index in [1.807, 2.05) is 50.1 Å². The third-order valence-corrected chi connectivity index (χ3v) is 5.03. The zero-order chi connectivity index (χ0) is 19.4. The lowest BCUT2D eigenvalue weighted by molar-refractivity contribution is 0.0987. The molecular weight excluding hydrogens is 356 g/mol. The molecule has 1 aliphatic rings. The summed E-state index contributed by atoms with van der Waals surface area (Å²) in [6.45, 7) is 4.83. The molecule has 4 aromatic rings. The van der Waals surface area contributed by atoms with Gasteiger partial charge >= 0.3 is 0 Å². The largest absolute Gasteiger partial charge is 0.355 e. The SMILES string of the molecule is Cc1cc(C(=O)N2CCN(C)c3nc4ccccc4nc32)c2c(C)noc2n1. The van der Waals surface area contributed by atoms with Crippen molar-refractivity contribution in [2.24, 2.45) is 0 Å². The second-order valence-corrected chi connectivity index (χ2v) is 7.00. The summed E-state index contributed by atoms with van der Waals surface area (Å²) in [7, 11) is 1.96. The third-order valence-electron chi connectivity index (χ3n) is 5.03. The number of carbonyl (C=O) groups excluding carboxylic acids is 1. The maximum Gasteiger partial charge on any atom is 0.260 e. The minimum absolute atomic E-state index is 0.152. The summed E-state index contributed by atoms with van der Waals surface area (Å²) < 4.78 is 5.28. The number of benzene rings is 1. The third kappa shape index (κ3) is 2.41. The Morgan fingerprint density at radius 3 is 2.50 bits per heavy atom. The van der Waals surface area contributed by atoms with Crippen LogP contribution in [-0.2, 0) is 0 Å². The summed E-state index contributed by atoms with van der Waals surface area (Å²) in [4.78, 5) is 31.1. The fourth-order valence-corrected chi connectivity index (χ4v) is 3.61. The van der Waals surface area contributed by atoms with Gasteiger partial charge in [-0.25, -0.2) is 15.0 Å². The van der Waals surface area contributed by atoms with Gasteiger partial charge in [-0.2, -0.15) is 0 Å². The minimum atomic E-state index is -0.152. The lowest BCUT2D eigenvalue weighted by atomic mass is 10.1. The number of aromatic nitrogens is 4. The number of para-hydroxylation sites is 2. The Morgan fingerprint density at radius 1 is 1.04 bits per heavy atom. The van der Waals surface area contributed by atoms with E-state index in [0.29, 0.717) is 52.8 Å². The van der Waals surface area contributed by atoms with E-state index in [4.69, 9.17) is 14.5 Å². The van der Waals surface area contributed by atoms with E-state index in [1.165, 1.54) is 0 Å². The number of rotatable bonds is 1. The zero-order valence-corrected chi connectivity index (χ0v) is 15.8. The molecule has 0 atom stereocenters. The smallest absolute Gasteiger partial charge is 0.260 e. The van der Waals surface area contributed by atoms with E-state index in [9.17, 15) is 4.79 Å². The van der Waals surface area contributed by atoms with Gasteiger partial charge in [-0.05, 0) is 32.0 Å². The van der Waals surface area contributed by atoms with E-state index in [0.717, 1.165) is 11.0 Å². The lowest BCUT2D eigenvalue weighted by Gasteiger charge is -2.33. The first-order chi connectivity index (χ1) is 13.5. The molecule has 0 saturated heterocycles. The van der Waals surface area contributed by atoms with Gasteiger partial charge in [0.2, 0.25) is 0 Å². The number of aryl methyl sites for hydroxylation is 2. The van der Waals surface area contributed by atoms with E-state index < -0.39 is 0 Å². The monoisotopic (exact) mass is 374 g/mol. The van der Waals surface area contributed by atoms with Gasteiger partial charge in [-0.15, -0.1) is 0 Å². The molecule has 1 amide bonds. The highest BCUT2D eigenvalue weighted by atomic mass is 16.5. The molecule has 0 radical (unpaired) electrons. The fourth-order valence-electron chi connectivity index (χ4n) is 3.61. The molecule has 3 aromatic heterocycles. The van der Waals surface area contributed by atoms with Crippen molar-refractivity contribution in [1.29, 1.82) is 0 Å². The standard InChI is InChI=1S/C20H18N6O2/c1-11-10-13(16-12(2)24-28-19(16)21-11)20(27)26-9-8-25(3)17-18(26)23-15-7-5-4-6-14(15)22-17/h4-7,10H,8-9H2,1-3H3. The van der Waals surface area contributed by atoms with E-state index in [1.54, 1.807) is 11.0 Å². The highest BCUT2D eigenvalue weighted by molar-refractivity contribution is 6.14. The van der Waals surface area contributed by atoms with Crippen LogP contribution in [0.25, 0.3) is 22.1 Å². The van der Waals surface area contributed by atoms with Crippen molar-refractivity contribution in [3.05, 3.63) is 47.3 Å². The van der Waals surface area contributed by atoms with Gasteiger partial charge < -0.3 is 9.42 Å². The predicted molar refractivity (Wildman–Crippen MR) is 106 cm³/mol. The van der Waals surface area contributed by atoms with Crippen molar-refractivity contribution in [2.75, 3.05) is 29.9 Å². The van der Waals surface area contributed by atoms with Crippen LogP contribution < -0.4 is 9.80 Å². The Morgan fingerprint density at radius 2 is 1.75 bits per heavy atom. The Kier molecular flexibility index (Phi) is 3.55. The molecular formula is C20H18N6O2. The van der Waals surface area contributed by atoms with Crippen LogP contribution in [0.2, 0.25) is 0 Å². The van der Waals surface area contributed by atoms with Crippen LogP contribution in [0.5, 0.6) is 0 Å².